The first-order valence-electron chi connectivity index (χ1n) is 11.1. The normalized spacial score (nSPS) is 16.7. The highest BCUT2D eigenvalue weighted by Crippen LogP contribution is 2.51. The molecule has 3 aromatic rings. The van der Waals surface area contributed by atoms with Gasteiger partial charge in [-0.15, -0.1) is 0 Å². The van der Waals surface area contributed by atoms with E-state index >= 15 is 0 Å². The van der Waals surface area contributed by atoms with Crippen LogP contribution in [0.25, 0.3) is 5.69 Å². The molecule has 1 atom stereocenters. The van der Waals surface area contributed by atoms with Crippen molar-refractivity contribution in [2.24, 2.45) is 11.3 Å². The Balaban J connectivity index is 1.64. The fourth-order valence-corrected chi connectivity index (χ4v) is 4.91. The number of ether oxygens (including phenoxy) is 1. The summed E-state index contributed by atoms with van der Waals surface area (Å²) < 4.78 is 46.8. The Kier molecular flexibility index (Phi) is 5.96. The largest absolute Gasteiger partial charge is 0.485 e. The molecule has 1 fully saturated rings. The fraction of sp³-hybridized carbons (Fsp3) is 0.385. The summed E-state index contributed by atoms with van der Waals surface area (Å²) in [5, 5.41) is 13.1. The van der Waals surface area contributed by atoms with Gasteiger partial charge < -0.3 is 9.84 Å². The highest BCUT2D eigenvalue weighted by molar-refractivity contribution is 5.87. The van der Waals surface area contributed by atoms with E-state index in [0.717, 1.165) is 41.9 Å². The van der Waals surface area contributed by atoms with E-state index in [2.05, 4.69) is 18.9 Å². The topological polar surface area (TPSA) is 64.3 Å². The molecule has 5 nitrogen and oxygen atoms in total. The lowest BCUT2D eigenvalue weighted by Gasteiger charge is -2.46. The maximum absolute atomic E-state index is 13.0. The molecule has 1 saturated carbocycles. The molecule has 1 unspecified atom stereocenters. The molecule has 1 heterocycles. The van der Waals surface area contributed by atoms with Crippen LogP contribution in [0.3, 0.4) is 0 Å². The molecule has 8 heteroatoms. The smallest absolute Gasteiger partial charge is 0.419 e. The minimum Gasteiger partial charge on any atom is -0.485 e. The number of aromatic nitrogens is 2. The number of hydrogen-bond donors (Lipinski definition) is 1. The average molecular weight is 473 g/mol. The molecular weight excluding hydrogens is 445 g/mol. The van der Waals surface area contributed by atoms with E-state index in [4.69, 9.17) is 4.74 Å². The van der Waals surface area contributed by atoms with Gasteiger partial charge >= 0.3 is 12.1 Å². The average Bonchev–Trinajstić information content (AvgIpc) is 3.20. The number of carboxylic acids is 1. The molecule has 2 aromatic carbocycles. The number of hydrogen-bond acceptors (Lipinski definition) is 3. The van der Waals surface area contributed by atoms with Gasteiger partial charge in [0.15, 0.2) is 0 Å². The minimum absolute atomic E-state index is 0.213. The molecule has 0 amide bonds. The van der Waals surface area contributed by atoms with Crippen molar-refractivity contribution in [3.8, 4) is 11.4 Å². The number of alkyl halides is 3. The van der Waals surface area contributed by atoms with Crippen molar-refractivity contribution in [1.29, 1.82) is 0 Å². The van der Waals surface area contributed by atoms with E-state index < -0.39 is 17.7 Å². The number of aromatic carboxylic acids is 1. The van der Waals surface area contributed by atoms with Crippen LogP contribution in [-0.2, 0) is 6.18 Å². The summed E-state index contributed by atoms with van der Waals surface area (Å²) in [4.78, 5) is 11.2. The lowest BCUT2D eigenvalue weighted by atomic mass is 9.62. The quantitative estimate of drug-likeness (QED) is 0.430. The number of benzene rings is 2. The summed E-state index contributed by atoms with van der Waals surface area (Å²) in [7, 11) is 0. The van der Waals surface area contributed by atoms with Gasteiger partial charge in [-0.3, -0.25) is 0 Å². The predicted octanol–water partition coefficient (Wildman–Crippen LogP) is 6.76. The van der Waals surface area contributed by atoms with Crippen molar-refractivity contribution in [3.63, 3.8) is 0 Å². The lowest BCUT2D eigenvalue weighted by molar-refractivity contribution is -0.137. The highest BCUT2D eigenvalue weighted by Gasteiger charge is 2.42. The van der Waals surface area contributed by atoms with E-state index in [9.17, 15) is 23.1 Å². The molecule has 1 aliphatic carbocycles. The van der Waals surface area contributed by atoms with E-state index in [1.54, 1.807) is 36.4 Å². The van der Waals surface area contributed by atoms with Crippen LogP contribution < -0.4 is 4.74 Å². The number of nitrogens with zero attached hydrogens (tertiary/aromatic N) is 2. The Hall–Kier alpha value is -3.29. The zero-order valence-electron chi connectivity index (χ0n) is 19.5. The third-order valence-corrected chi connectivity index (χ3v) is 6.41. The van der Waals surface area contributed by atoms with Crippen molar-refractivity contribution < 1.29 is 27.8 Å². The van der Waals surface area contributed by atoms with Crippen LogP contribution in [0.15, 0.2) is 48.8 Å². The lowest BCUT2D eigenvalue weighted by Crippen LogP contribution is -2.37. The zero-order chi connectivity index (χ0) is 24.8. The Morgan fingerprint density at radius 1 is 1.15 bits per heavy atom. The van der Waals surface area contributed by atoms with Gasteiger partial charge in [-0.2, -0.15) is 18.3 Å². The number of carboxylic acid groups (broad SMARTS) is 1. The van der Waals surface area contributed by atoms with Crippen LogP contribution in [0.4, 0.5) is 13.2 Å². The van der Waals surface area contributed by atoms with E-state index in [-0.39, 0.29) is 23.0 Å². The van der Waals surface area contributed by atoms with Gasteiger partial charge in [-0.25, -0.2) is 9.48 Å². The third kappa shape index (κ3) is 4.81. The SMILES string of the molecule is Cc1cc(OC(c2ccc(C(=O)O)cc2)C2CC(C)(C)C2)cc(C)c1-n1cc(C(F)(F)F)cn1. The van der Waals surface area contributed by atoms with Gasteiger partial charge in [0.1, 0.15) is 11.9 Å². The molecule has 0 saturated heterocycles. The molecule has 1 aliphatic rings. The maximum atomic E-state index is 13.0. The summed E-state index contributed by atoms with van der Waals surface area (Å²) >= 11 is 0. The Morgan fingerprint density at radius 2 is 1.74 bits per heavy atom. The van der Waals surface area contributed by atoms with E-state index in [0.29, 0.717) is 11.4 Å². The Morgan fingerprint density at radius 3 is 2.21 bits per heavy atom. The molecule has 34 heavy (non-hydrogen) atoms. The monoisotopic (exact) mass is 472 g/mol. The van der Waals surface area contributed by atoms with Crippen LogP contribution in [-0.4, -0.2) is 20.9 Å². The van der Waals surface area contributed by atoms with Crippen LogP contribution in [0.5, 0.6) is 5.75 Å². The maximum Gasteiger partial charge on any atom is 0.419 e. The van der Waals surface area contributed by atoms with Gasteiger partial charge in [0.2, 0.25) is 0 Å². The molecular formula is C26H27F3N2O3. The van der Waals surface area contributed by atoms with Crippen LogP contribution >= 0.6 is 0 Å². The van der Waals surface area contributed by atoms with Gasteiger partial charge in [-0.1, -0.05) is 26.0 Å². The van der Waals surface area contributed by atoms with Crippen molar-refractivity contribution >= 4 is 5.97 Å². The van der Waals surface area contributed by atoms with Gasteiger partial charge in [0.25, 0.3) is 0 Å². The molecule has 1 aromatic heterocycles. The molecule has 0 aliphatic heterocycles. The number of carbonyl (C=O) groups is 1. The third-order valence-electron chi connectivity index (χ3n) is 6.41. The Bertz CT molecular complexity index is 1180. The first-order chi connectivity index (χ1) is 15.8. The molecule has 180 valence electrons. The van der Waals surface area contributed by atoms with Crippen molar-refractivity contribution in [3.05, 3.63) is 76.6 Å². The van der Waals surface area contributed by atoms with Crippen LogP contribution in [0.2, 0.25) is 0 Å². The summed E-state index contributed by atoms with van der Waals surface area (Å²) in [6.45, 7) is 8.04. The Labute approximate surface area is 196 Å². The molecule has 0 radical (unpaired) electrons. The van der Waals surface area contributed by atoms with E-state index in [1.165, 1.54) is 4.68 Å². The number of halogens is 3. The second-order valence-corrected chi connectivity index (χ2v) is 9.88. The van der Waals surface area contributed by atoms with Gasteiger partial charge in [0.05, 0.1) is 23.0 Å². The summed E-state index contributed by atoms with van der Waals surface area (Å²) in [6.07, 6.45) is -0.966. The molecule has 0 bridgehead atoms. The predicted molar refractivity (Wildman–Crippen MR) is 121 cm³/mol. The van der Waals surface area contributed by atoms with Crippen LogP contribution in [0.1, 0.15) is 65.4 Å². The summed E-state index contributed by atoms with van der Waals surface area (Å²) in [5.74, 6) is -0.103. The number of rotatable bonds is 6. The molecule has 0 spiro atoms. The van der Waals surface area contributed by atoms with Crippen molar-refractivity contribution in [2.45, 2.75) is 52.8 Å². The first-order valence-corrected chi connectivity index (χ1v) is 11.1. The molecule has 1 N–H and O–H groups in total. The second kappa shape index (κ2) is 8.49. The van der Waals surface area contributed by atoms with Gasteiger partial charge in [0, 0.05) is 12.1 Å². The standard InChI is InChI=1S/C26H27F3N2O3/c1-15-9-21(10-16(2)22(15)31-14-20(13-30-31)26(27,28)29)34-23(19-11-25(3,4)12-19)17-5-7-18(8-6-17)24(32)33/h5-10,13-14,19,23H,11-12H2,1-4H3,(H,32,33). The minimum atomic E-state index is -4.46. The van der Waals surface area contributed by atoms with Gasteiger partial charge in [-0.05, 0) is 73.1 Å². The first kappa shape index (κ1) is 23.9. The summed E-state index contributed by atoms with van der Waals surface area (Å²) in [6, 6.07) is 10.3. The highest BCUT2D eigenvalue weighted by atomic mass is 19.4. The zero-order valence-corrected chi connectivity index (χ0v) is 19.5. The van der Waals surface area contributed by atoms with Crippen molar-refractivity contribution in [2.75, 3.05) is 0 Å². The van der Waals surface area contributed by atoms with E-state index in [1.807, 2.05) is 13.8 Å². The second-order valence-electron chi connectivity index (χ2n) is 9.88. The number of aryl methyl sites for hydroxylation is 2. The fourth-order valence-electron chi connectivity index (χ4n) is 4.91. The van der Waals surface area contributed by atoms with Crippen molar-refractivity contribution in [1.82, 2.24) is 9.78 Å². The van der Waals surface area contributed by atoms with Crippen LogP contribution in [0, 0.1) is 25.2 Å². The summed E-state index contributed by atoms with van der Waals surface area (Å²) in [5.41, 5.74) is 2.58. The molecule has 4 rings (SSSR count).